The highest BCUT2D eigenvalue weighted by Gasteiger charge is 2.35. The van der Waals surface area contributed by atoms with Crippen molar-refractivity contribution in [1.82, 2.24) is 14.8 Å². The van der Waals surface area contributed by atoms with Crippen LogP contribution in [0.25, 0.3) is 10.9 Å². The largest absolute Gasteiger partial charge is 0.497 e. The number of aromatic nitrogens is 1. The van der Waals surface area contributed by atoms with Crippen molar-refractivity contribution < 1.29 is 32.1 Å². The summed E-state index contributed by atoms with van der Waals surface area (Å²) < 4.78 is 68.1. The Hall–Kier alpha value is -3.23. The van der Waals surface area contributed by atoms with E-state index in [2.05, 4.69) is 21.7 Å². The maximum absolute atomic E-state index is 16.4. The molecule has 0 spiro atoms. The highest BCUT2D eigenvalue weighted by atomic mass is 19.2. The SMILES string of the molecule is COc1ccc2ncc(CN3CCOCC3)c(C(F)CCC3(CO)CCN(CC#Cc4cc(F)cc(F)c4F)CC3)c2c1. The van der Waals surface area contributed by atoms with Crippen LogP contribution in [0.2, 0.25) is 0 Å². The summed E-state index contributed by atoms with van der Waals surface area (Å²) in [6.07, 6.45) is 2.55. The van der Waals surface area contributed by atoms with Gasteiger partial charge in [0, 0.05) is 49.5 Å². The first-order valence-electron chi connectivity index (χ1n) is 14.7. The molecule has 230 valence electrons. The highest BCUT2D eigenvalue weighted by Crippen LogP contribution is 2.41. The first-order valence-corrected chi connectivity index (χ1v) is 14.7. The number of hydrogen-bond acceptors (Lipinski definition) is 6. The van der Waals surface area contributed by atoms with Crippen LogP contribution in [0, 0.1) is 34.7 Å². The molecule has 1 atom stereocenters. The number of halogens is 4. The van der Waals surface area contributed by atoms with Gasteiger partial charge in [-0.1, -0.05) is 11.8 Å². The lowest BCUT2D eigenvalue weighted by atomic mass is 9.74. The van der Waals surface area contributed by atoms with Crippen LogP contribution in [-0.4, -0.2) is 79.5 Å². The zero-order valence-corrected chi connectivity index (χ0v) is 24.4. The van der Waals surface area contributed by atoms with Gasteiger partial charge >= 0.3 is 0 Å². The zero-order chi connectivity index (χ0) is 30.4. The number of likely N-dealkylation sites (tertiary alicyclic amines) is 1. The average molecular weight is 600 g/mol. The van der Waals surface area contributed by atoms with Crippen LogP contribution in [0.5, 0.6) is 5.75 Å². The van der Waals surface area contributed by atoms with Crippen LogP contribution in [0.15, 0.2) is 36.5 Å². The number of methoxy groups -OCH3 is 1. The Morgan fingerprint density at radius 2 is 1.84 bits per heavy atom. The molecule has 10 heteroatoms. The van der Waals surface area contributed by atoms with Gasteiger partial charge in [0.2, 0.25) is 0 Å². The summed E-state index contributed by atoms with van der Waals surface area (Å²) in [5.74, 6) is 2.64. The fourth-order valence-corrected chi connectivity index (χ4v) is 6.00. The van der Waals surface area contributed by atoms with E-state index in [1.54, 1.807) is 13.3 Å². The van der Waals surface area contributed by atoms with E-state index in [0.29, 0.717) is 81.6 Å². The molecule has 1 N–H and O–H groups in total. The van der Waals surface area contributed by atoms with Crippen LogP contribution in [0.4, 0.5) is 17.6 Å². The topological polar surface area (TPSA) is 58.1 Å². The summed E-state index contributed by atoms with van der Waals surface area (Å²) in [7, 11) is 1.58. The third-order valence-electron chi connectivity index (χ3n) is 8.71. The molecule has 5 rings (SSSR count). The summed E-state index contributed by atoms with van der Waals surface area (Å²) >= 11 is 0. The van der Waals surface area contributed by atoms with Crippen LogP contribution in [-0.2, 0) is 11.3 Å². The molecular formula is C33H37F4N3O3. The number of hydrogen-bond donors (Lipinski definition) is 1. The molecule has 1 aromatic heterocycles. The molecule has 2 fully saturated rings. The number of morpholine rings is 1. The third kappa shape index (κ3) is 7.47. The predicted octanol–water partition coefficient (Wildman–Crippen LogP) is 5.41. The van der Waals surface area contributed by atoms with Gasteiger partial charge in [-0.25, -0.2) is 17.6 Å². The fourth-order valence-electron chi connectivity index (χ4n) is 6.00. The van der Waals surface area contributed by atoms with Crippen molar-refractivity contribution in [2.45, 2.75) is 38.4 Å². The average Bonchev–Trinajstić information content (AvgIpc) is 3.03. The second kappa shape index (κ2) is 14.0. The zero-order valence-electron chi connectivity index (χ0n) is 24.4. The standard InChI is InChI=1S/C33H37F4N3O3/c1-42-26-4-5-30-27(19-26)31(24(20-38-30)21-40-13-15-43-16-14-40)28(35)6-7-33(22-41)8-11-39(12-9-33)10-2-3-23-17-25(34)18-29(36)32(23)37/h4-5,17-20,28,41H,6-16,21-22H2,1H3. The molecular weight excluding hydrogens is 562 g/mol. The molecule has 43 heavy (non-hydrogen) atoms. The van der Waals surface area contributed by atoms with Gasteiger partial charge in [-0.05, 0) is 74.0 Å². The van der Waals surface area contributed by atoms with E-state index in [1.165, 1.54) is 0 Å². The number of fused-ring (bicyclic) bond motifs is 1. The summed E-state index contributed by atoms with van der Waals surface area (Å²) in [6.45, 7) is 4.87. The van der Waals surface area contributed by atoms with Crippen molar-refractivity contribution in [1.29, 1.82) is 0 Å². The molecule has 1 unspecified atom stereocenters. The molecule has 0 amide bonds. The molecule has 2 saturated heterocycles. The molecule has 2 aliphatic rings. The maximum Gasteiger partial charge on any atom is 0.174 e. The number of rotatable bonds is 9. The molecule has 0 bridgehead atoms. The summed E-state index contributed by atoms with van der Waals surface area (Å²) in [6, 6.07) is 6.87. The number of pyridine rings is 1. The number of aliphatic hydroxyl groups is 1. The van der Waals surface area contributed by atoms with Crippen molar-refractivity contribution in [2.75, 3.05) is 59.7 Å². The minimum absolute atomic E-state index is 0.0570. The Labute approximate surface area is 249 Å². The van der Waals surface area contributed by atoms with Gasteiger partial charge < -0.3 is 14.6 Å². The quantitative estimate of drug-likeness (QED) is 0.202. The van der Waals surface area contributed by atoms with Crippen LogP contribution in [0.1, 0.15) is 48.5 Å². The van der Waals surface area contributed by atoms with E-state index < -0.39 is 29.0 Å². The lowest BCUT2D eigenvalue weighted by molar-refractivity contribution is 0.0323. The fraction of sp³-hybridized carbons (Fsp3) is 0.485. The first-order chi connectivity index (χ1) is 20.8. The van der Waals surface area contributed by atoms with E-state index in [-0.39, 0.29) is 18.6 Å². The molecule has 6 nitrogen and oxygen atoms in total. The van der Waals surface area contributed by atoms with Crippen molar-refractivity contribution in [3.05, 3.63) is 70.7 Å². The van der Waals surface area contributed by atoms with Crippen LogP contribution in [0.3, 0.4) is 0 Å². The smallest absolute Gasteiger partial charge is 0.174 e. The van der Waals surface area contributed by atoms with Crippen molar-refractivity contribution in [3.8, 4) is 17.6 Å². The third-order valence-corrected chi connectivity index (χ3v) is 8.71. The van der Waals surface area contributed by atoms with E-state index in [9.17, 15) is 18.3 Å². The summed E-state index contributed by atoms with van der Waals surface area (Å²) in [5, 5.41) is 11.1. The lowest BCUT2D eigenvalue weighted by Gasteiger charge is -2.40. The van der Waals surface area contributed by atoms with Crippen molar-refractivity contribution in [2.24, 2.45) is 5.41 Å². The maximum atomic E-state index is 16.4. The van der Waals surface area contributed by atoms with Gasteiger partial charge in [0.1, 0.15) is 17.7 Å². The minimum atomic E-state index is -1.27. The summed E-state index contributed by atoms with van der Waals surface area (Å²) in [4.78, 5) is 8.91. The number of nitrogens with zero attached hydrogens (tertiary/aromatic N) is 3. The molecule has 0 saturated carbocycles. The van der Waals surface area contributed by atoms with Crippen LogP contribution < -0.4 is 4.74 Å². The van der Waals surface area contributed by atoms with Gasteiger partial charge in [-0.2, -0.15) is 0 Å². The van der Waals surface area contributed by atoms with Gasteiger partial charge in [-0.15, -0.1) is 0 Å². The summed E-state index contributed by atoms with van der Waals surface area (Å²) in [5.41, 5.74) is 1.42. The molecule has 3 aromatic rings. The van der Waals surface area contributed by atoms with Gasteiger partial charge in [0.15, 0.2) is 11.6 Å². The van der Waals surface area contributed by atoms with Crippen molar-refractivity contribution >= 4 is 10.9 Å². The Kier molecular flexibility index (Phi) is 10.2. The number of alkyl halides is 1. The Balaban J connectivity index is 1.26. The van der Waals surface area contributed by atoms with Gasteiger partial charge in [0.05, 0.1) is 37.9 Å². The highest BCUT2D eigenvalue weighted by molar-refractivity contribution is 5.85. The minimum Gasteiger partial charge on any atom is -0.497 e. The second-order valence-electron chi connectivity index (χ2n) is 11.5. The predicted molar refractivity (Wildman–Crippen MR) is 156 cm³/mol. The molecule has 2 aromatic carbocycles. The Bertz CT molecular complexity index is 1480. The van der Waals surface area contributed by atoms with Gasteiger partial charge in [0.25, 0.3) is 0 Å². The molecule has 3 heterocycles. The van der Waals surface area contributed by atoms with E-state index in [0.717, 1.165) is 30.1 Å². The van der Waals surface area contributed by atoms with Gasteiger partial charge in [-0.3, -0.25) is 14.8 Å². The first kappa shape index (κ1) is 31.2. The lowest BCUT2D eigenvalue weighted by Crippen LogP contribution is -2.42. The number of aliphatic hydroxyl groups excluding tert-OH is 1. The number of ether oxygens (including phenoxy) is 2. The van der Waals surface area contributed by atoms with Crippen molar-refractivity contribution in [3.63, 3.8) is 0 Å². The Morgan fingerprint density at radius 1 is 1.07 bits per heavy atom. The molecule has 2 aliphatic heterocycles. The van der Waals surface area contributed by atoms with E-state index >= 15 is 4.39 Å². The van der Waals surface area contributed by atoms with E-state index in [4.69, 9.17) is 9.47 Å². The second-order valence-corrected chi connectivity index (χ2v) is 11.5. The van der Waals surface area contributed by atoms with E-state index in [1.807, 2.05) is 23.1 Å². The molecule has 0 aliphatic carbocycles. The van der Waals surface area contributed by atoms with Crippen LogP contribution >= 0.6 is 0 Å². The normalized spacial score (nSPS) is 18.3. The number of piperidine rings is 1. The molecule has 0 radical (unpaired) electrons. The monoisotopic (exact) mass is 599 g/mol. The Morgan fingerprint density at radius 3 is 2.56 bits per heavy atom. The number of benzene rings is 2.